The van der Waals surface area contributed by atoms with E-state index in [2.05, 4.69) is 10.6 Å². The van der Waals surface area contributed by atoms with Gasteiger partial charge in [-0.1, -0.05) is 0 Å². The predicted molar refractivity (Wildman–Crippen MR) is 46.9 cm³/mol. The molecule has 1 amide bonds. The molecular formula is C7H15ClN2O. The molecule has 1 atom stereocenters. The van der Waals surface area contributed by atoms with Crippen molar-refractivity contribution < 1.29 is 4.79 Å². The molecule has 3 nitrogen and oxygen atoms in total. The first-order chi connectivity index (χ1) is 4.93. The van der Waals surface area contributed by atoms with Crippen LogP contribution in [0.5, 0.6) is 0 Å². The largest absolute Gasteiger partial charge is 0.358 e. The van der Waals surface area contributed by atoms with Crippen LogP contribution in [0.2, 0.25) is 0 Å². The van der Waals surface area contributed by atoms with Gasteiger partial charge in [-0.05, 0) is 31.8 Å². The summed E-state index contributed by atoms with van der Waals surface area (Å²) in [4.78, 5) is 9.92. The number of hydrogen-bond donors (Lipinski definition) is 2. The Labute approximate surface area is 73.3 Å². The Morgan fingerprint density at radius 2 is 2.45 bits per heavy atom. The van der Waals surface area contributed by atoms with Crippen LogP contribution in [0, 0.1) is 5.92 Å². The van der Waals surface area contributed by atoms with Gasteiger partial charge >= 0.3 is 0 Å². The fourth-order valence-corrected chi connectivity index (χ4v) is 1.31. The summed E-state index contributed by atoms with van der Waals surface area (Å²) in [6.07, 6.45) is 3.26. The van der Waals surface area contributed by atoms with Crippen molar-refractivity contribution in [3.8, 4) is 0 Å². The van der Waals surface area contributed by atoms with Gasteiger partial charge in [0, 0.05) is 6.54 Å². The molecule has 1 rings (SSSR count). The summed E-state index contributed by atoms with van der Waals surface area (Å²) in [6.45, 7) is 3.02. The van der Waals surface area contributed by atoms with Crippen molar-refractivity contribution in [3.63, 3.8) is 0 Å². The summed E-state index contributed by atoms with van der Waals surface area (Å²) in [5, 5.41) is 5.99. The van der Waals surface area contributed by atoms with Crippen molar-refractivity contribution in [2.45, 2.75) is 12.8 Å². The lowest BCUT2D eigenvalue weighted by Gasteiger charge is -2.21. The molecule has 0 bridgehead atoms. The van der Waals surface area contributed by atoms with Crippen LogP contribution in [0.1, 0.15) is 12.8 Å². The SMILES string of the molecule is Cl.O=CNCC1CCCNC1. The highest BCUT2D eigenvalue weighted by atomic mass is 35.5. The molecular weight excluding hydrogens is 164 g/mol. The Balaban J connectivity index is 0.000001000. The van der Waals surface area contributed by atoms with Gasteiger partial charge in [0.15, 0.2) is 0 Å². The second-order valence-corrected chi connectivity index (χ2v) is 2.74. The molecule has 0 aliphatic carbocycles. The lowest BCUT2D eigenvalue weighted by Crippen LogP contribution is -2.35. The topological polar surface area (TPSA) is 41.1 Å². The molecule has 0 aromatic rings. The van der Waals surface area contributed by atoms with Crippen molar-refractivity contribution >= 4 is 18.8 Å². The molecule has 1 unspecified atom stereocenters. The normalized spacial score (nSPS) is 23.5. The van der Waals surface area contributed by atoms with Gasteiger partial charge < -0.3 is 10.6 Å². The Kier molecular flexibility index (Phi) is 6.27. The molecule has 1 saturated heterocycles. The van der Waals surface area contributed by atoms with E-state index in [4.69, 9.17) is 0 Å². The third-order valence-electron chi connectivity index (χ3n) is 1.89. The van der Waals surface area contributed by atoms with Crippen LogP contribution in [-0.4, -0.2) is 26.0 Å². The number of amides is 1. The minimum Gasteiger partial charge on any atom is -0.358 e. The van der Waals surface area contributed by atoms with Crippen molar-refractivity contribution in [1.29, 1.82) is 0 Å². The third-order valence-corrected chi connectivity index (χ3v) is 1.89. The monoisotopic (exact) mass is 178 g/mol. The van der Waals surface area contributed by atoms with Gasteiger partial charge in [0.2, 0.25) is 6.41 Å². The summed E-state index contributed by atoms with van der Waals surface area (Å²) in [5.74, 6) is 0.652. The minimum atomic E-state index is 0. The molecule has 0 radical (unpaired) electrons. The number of halogens is 1. The van der Waals surface area contributed by atoms with E-state index in [9.17, 15) is 4.79 Å². The highest BCUT2D eigenvalue weighted by Gasteiger charge is 2.11. The zero-order valence-corrected chi connectivity index (χ0v) is 7.32. The lowest BCUT2D eigenvalue weighted by atomic mass is 10.00. The van der Waals surface area contributed by atoms with Crippen LogP contribution in [0.15, 0.2) is 0 Å². The zero-order valence-electron chi connectivity index (χ0n) is 6.51. The smallest absolute Gasteiger partial charge is 0.207 e. The molecule has 2 N–H and O–H groups in total. The Hall–Kier alpha value is -0.280. The molecule has 0 aromatic heterocycles. The van der Waals surface area contributed by atoms with Crippen LogP contribution in [-0.2, 0) is 4.79 Å². The molecule has 4 heteroatoms. The van der Waals surface area contributed by atoms with Gasteiger partial charge in [0.1, 0.15) is 0 Å². The van der Waals surface area contributed by atoms with Crippen molar-refractivity contribution in [1.82, 2.24) is 10.6 Å². The Bertz CT molecular complexity index is 105. The standard InChI is InChI=1S/C7H14N2O.ClH/c10-6-9-5-7-2-1-3-8-4-7;/h6-8H,1-5H2,(H,9,10);1H. The molecule has 1 aliphatic heterocycles. The quantitative estimate of drug-likeness (QED) is 0.605. The van der Waals surface area contributed by atoms with Crippen LogP contribution in [0.25, 0.3) is 0 Å². The summed E-state index contributed by atoms with van der Waals surface area (Å²) in [7, 11) is 0. The maximum Gasteiger partial charge on any atom is 0.207 e. The van der Waals surface area contributed by atoms with Gasteiger partial charge in [-0.25, -0.2) is 0 Å². The van der Waals surface area contributed by atoms with E-state index < -0.39 is 0 Å². The van der Waals surface area contributed by atoms with Gasteiger partial charge in [0.05, 0.1) is 0 Å². The van der Waals surface area contributed by atoms with E-state index in [1.165, 1.54) is 12.8 Å². The van der Waals surface area contributed by atoms with Crippen molar-refractivity contribution in [3.05, 3.63) is 0 Å². The van der Waals surface area contributed by atoms with Gasteiger partial charge in [0.25, 0.3) is 0 Å². The van der Waals surface area contributed by atoms with E-state index in [1.807, 2.05) is 0 Å². The highest BCUT2D eigenvalue weighted by Crippen LogP contribution is 2.07. The number of rotatable bonds is 3. The van der Waals surface area contributed by atoms with E-state index in [-0.39, 0.29) is 12.4 Å². The molecule has 1 heterocycles. The first kappa shape index (κ1) is 10.7. The molecule has 11 heavy (non-hydrogen) atoms. The molecule has 0 saturated carbocycles. The number of carbonyl (C=O) groups is 1. The van der Waals surface area contributed by atoms with Crippen molar-refractivity contribution in [2.24, 2.45) is 5.92 Å². The Morgan fingerprint density at radius 1 is 1.64 bits per heavy atom. The average Bonchev–Trinajstić information content (AvgIpc) is 2.03. The van der Waals surface area contributed by atoms with Crippen LogP contribution >= 0.6 is 12.4 Å². The zero-order chi connectivity index (χ0) is 7.23. The maximum absolute atomic E-state index is 9.92. The van der Waals surface area contributed by atoms with Crippen LogP contribution in [0.4, 0.5) is 0 Å². The number of nitrogens with one attached hydrogen (secondary N) is 2. The number of hydrogen-bond acceptors (Lipinski definition) is 2. The summed E-state index contributed by atoms with van der Waals surface area (Å²) in [6, 6.07) is 0. The molecule has 0 spiro atoms. The lowest BCUT2D eigenvalue weighted by molar-refractivity contribution is -0.109. The summed E-state index contributed by atoms with van der Waals surface area (Å²) in [5.41, 5.74) is 0. The molecule has 1 fully saturated rings. The molecule has 66 valence electrons. The van der Waals surface area contributed by atoms with Gasteiger partial charge in [-0.3, -0.25) is 4.79 Å². The fourth-order valence-electron chi connectivity index (χ4n) is 1.31. The Morgan fingerprint density at radius 3 is 3.00 bits per heavy atom. The van der Waals surface area contributed by atoms with E-state index in [0.29, 0.717) is 5.92 Å². The van der Waals surface area contributed by atoms with E-state index in [0.717, 1.165) is 26.0 Å². The predicted octanol–water partition coefficient (Wildman–Crippen LogP) is 0.154. The summed E-state index contributed by atoms with van der Waals surface area (Å²) < 4.78 is 0. The van der Waals surface area contributed by atoms with E-state index in [1.54, 1.807) is 0 Å². The van der Waals surface area contributed by atoms with Gasteiger partial charge in [-0.2, -0.15) is 0 Å². The third kappa shape index (κ3) is 4.22. The average molecular weight is 179 g/mol. The van der Waals surface area contributed by atoms with Crippen LogP contribution in [0.3, 0.4) is 0 Å². The number of piperidine rings is 1. The first-order valence-electron chi connectivity index (χ1n) is 3.81. The number of carbonyl (C=O) groups excluding carboxylic acids is 1. The molecule has 1 aliphatic rings. The highest BCUT2D eigenvalue weighted by molar-refractivity contribution is 5.85. The van der Waals surface area contributed by atoms with Crippen LogP contribution < -0.4 is 10.6 Å². The second-order valence-electron chi connectivity index (χ2n) is 2.74. The van der Waals surface area contributed by atoms with E-state index >= 15 is 0 Å². The van der Waals surface area contributed by atoms with Crippen molar-refractivity contribution in [2.75, 3.05) is 19.6 Å². The first-order valence-corrected chi connectivity index (χ1v) is 3.81. The van der Waals surface area contributed by atoms with Gasteiger partial charge in [-0.15, -0.1) is 12.4 Å². The minimum absolute atomic E-state index is 0. The summed E-state index contributed by atoms with van der Waals surface area (Å²) >= 11 is 0. The molecule has 0 aromatic carbocycles. The maximum atomic E-state index is 9.92. The second kappa shape index (κ2) is 6.43. The fraction of sp³-hybridized carbons (Fsp3) is 0.857.